The van der Waals surface area contributed by atoms with Crippen LogP contribution in [-0.2, 0) is 9.47 Å². The van der Waals surface area contributed by atoms with Crippen LogP contribution < -0.4 is 5.32 Å². The van der Waals surface area contributed by atoms with Gasteiger partial charge in [-0.2, -0.15) is 0 Å². The van der Waals surface area contributed by atoms with E-state index in [1.165, 1.54) is 12.3 Å². The van der Waals surface area contributed by atoms with Gasteiger partial charge in [-0.05, 0) is 26.0 Å². The molecule has 0 bridgehead atoms. The van der Waals surface area contributed by atoms with Gasteiger partial charge in [0.1, 0.15) is 17.7 Å². The first kappa shape index (κ1) is 11.3. The first-order valence-corrected chi connectivity index (χ1v) is 5.22. The van der Waals surface area contributed by atoms with Gasteiger partial charge in [0.25, 0.3) is 0 Å². The van der Waals surface area contributed by atoms with Gasteiger partial charge in [-0.15, -0.1) is 0 Å². The first-order chi connectivity index (χ1) is 7.55. The average molecular weight is 226 g/mol. The van der Waals surface area contributed by atoms with E-state index in [4.69, 9.17) is 9.47 Å². The summed E-state index contributed by atoms with van der Waals surface area (Å²) in [5, 5.41) is 3.07. The zero-order valence-corrected chi connectivity index (χ0v) is 9.37. The Kier molecular flexibility index (Phi) is 3.07. The molecule has 16 heavy (non-hydrogen) atoms. The van der Waals surface area contributed by atoms with Crippen molar-refractivity contribution in [2.75, 3.05) is 18.5 Å². The van der Waals surface area contributed by atoms with Gasteiger partial charge in [0.2, 0.25) is 0 Å². The molecular formula is C11H15FN2O2. The molecule has 1 saturated heterocycles. The summed E-state index contributed by atoms with van der Waals surface area (Å²) in [7, 11) is 0. The summed E-state index contributed by atoms with van der Waals surface area (Å²) in [6.45, 7) is 4.91. The zero-order chi connectivity index (χ0) is 11.6. The van der Waals surface area contributed by atoms with Crippen molar-refractivity contribution in [1.82, 2.24) is 4.98 Å². The number of ether oxygens (including phenoxy) is 2. The second kappa shape index (κ2) is 4.35. The third-order valence-corrected chi connectivity index (χ3v) is 2.31. The molecule has 1 N–H and O–H groups in total. The molecule has 1 fully saturated rings. The van der Waals surface area contributed by atoms with E-state index in [1.54, 1.807) is 6.07 Å². The summed E-state index contributed by atoms with van der Waals surface area (Å²) >= 11 is 0. The minimum absolute atomic E-state index is 0.00172. The van der Waals surface area contributed by atoms with Crippen LogP contribution >= 0.6 is 0 Å². The number of nitrogens with one attached hydrogen (secondary N) is 1. The number of hydrogen-bond donors (Lipinski definition) is 1. The number of nitrogens with zero attached hydrogens (tertiary/aromatic N) is 1. The predicted octanol–water partition coefficient (Wildman–Crippen LogP) is 1.78. The van der Waals surface area contributed by atoms with Crippen LogP contribution in [0.25, 0.3) is 0 Å². The van der Waals surface area contributed by atoms with Crippen molar-refractivity contribution in [3.8, 4) is 0 Å². The quantitative estimate of drug-likeness (QED) is 0.853. The summed E-state index contributed by atoms with van der Waals surface area (Å²) in [6, 6.07) is 2.96. The second-order valence-corrected chi connectivity index (χ2v) is 4.19. The number of hydrogen-bond acceptors (Lipinski definition) is 4. The van der Waals surface area contributed by atoms with Crippen LogP contribution in [0.5, 0.6) is 0 Å². The van der Waals surface area contributed by atoms with Crippen LogP contribution in [0.15, 0.2) is 18.3 Å². The molecule has 1 atom stereocenters. The highest BCUT2D eigenvalue weighted by molar-refractivity contribution is 5.33. The van der Waals surface area contributed by atoms with Crippen molar-refractivity contribution >= 4 is 5.82 Å². The van der Waals surface area contributed by atoms with Crippen molar-refractivity contribution in [1.29, 1.82) is 0 Å². The van der Waals surface area contributed by atoms with E-state index in [1.807, 2.05) is 13.8 Å². The molecule has 0 aromatic carbocycles. The van der Waals surface area contributed by atoms with Crippen LogP contribution in [0, 0.1) is 5.82 Å². The fourth-order valence-electron chi connectivity index (χ4n) is 1.56. The fourth-order valence-corrected chi connectivity index (χ4v) is 1.56. The van der Waals surface area contributed by atoms with Gasteiger partial charge in [0.15, 0.2) is 5.79 Å². The molecule has 4 nitrogen and oxygen atoms in total. The van der Waals surface area contributed by atoms with Crippen LogP contribution in [0.1, 0.15) is 13.8 Å². The van der Waals surface area contributed by atoms with Gasteiger partial charge in [-0.1, -0.05) is 0 Å². The number of aromatic nitrogens is 1. The van der Waals surface area contributed by atoms with E-state index in [2.05, 4.69) is 10.3 Å². The van der Waals surface area contributed by atoms with Gasteiger partial charge < -0.3 is 14.8 Å². The lowest BCUT2D eigenvalue weighted by Crippen LogP contribution is -2.26. The van der Waals surface area contributed by atoms with E-state index in [0.717, 1.165) is 0 Å². The van der Waals surface area contributed by atoms with Crippen LogP contribution in [0.2, 0.25) is 0 Å². The third-order valence-electron chi connectivity index (χ3n) is 2.31. The van der Waals surface area contributed by atoms with Crippen LogP contribution in [0.4, 0.5) is 10.2 Å². The Morgan fingerprint density at radius 2 is 2.38 bits per heavy atom. The smallest absolute Gasteiger partial charge is 0.163 e. The van der Waals surface area contributed by atoms with Crippen molar-refractivity contribution in [2.45, 2.75) is 25.7 Å². The number of halogens is 1. The van der Waals surface area contributed by atoms with Crippen molar-refractivity contribution in [3.63, 3.8) is 0 Å². The van der Waals surface area contributed by atoms with Gasteiger partial charge in [0, 0.05) is 6.54 Å². The van der Waals surface area contributed by atoms with Crippen molar-refractivity contribution in [3.05, 3.63) is 24.1 Å². The standard InChI is InChI=1S/C11H15FN2O2/c1-11(2)15-7-9(16-11)6-14-10-4-3-8(12)5-13-10/h3-5,9H,6-7H2,1-2H3,(H,13,14). The molecule has 0 radical (unpaired) electrons. The molecule has 1 aromatic heterocycles. The SMILES string of the molecule is CC1(C)OCC(CNc2ccc(F)cn2)O1. The molecule has 88 valence electrons. The normalized spacial score (nSPS) is 23.3. The van der Waals surface area contributed by atoms with E-state index >= 15 is 0 Å². The van der Waals surface area contributed by atoms with Gasteiger partial charge in [-0.25, -0.2) is 9.37 Å². The van der Waals surface area contributed by atoms with E-state index in [0.29, 0.717) is 19.0 Å². The molecule has 5 heteroatoms. The summed E-state index contributed by atoms with van der Waals surface area (Å²) in [5.74, 6) is -0.218. The molecular weight excluding hydrogens is 211 g/mol. The Hall–Kier alpha value is -1.20. The van der Waals surface area contributed by atoms with E-state index in [-0.39, 0.29) is 11.9 Å². The van der Waals surface area contributed by atoms with Gasteiger partial charge in [-0.3, -0.25) is 0 Å². The largest absolute Gasteiger partial charge is 0.367 e. The fraction of sp³-hybridized carbons (Fsp3) is 0.545. The summed E-state index contributed by atoms with van der Waals surface area (Å²) in [6.07, 6.45) is 1.18. The van der Waals surface area contributed by atoms with Gasteiger partial charge in [0.05, 0.1) is 12.8 Å². The molecule has 2 rings (SSSR count). The first-order valence-electron chi connectivity index (χ1n) is 5.22. The number of anilines is 1. The molecule has 1 aliphatic rings. The highest BCUT2D eigenvalue weighted by Crippen LogP contribution is 2.22. The Bertz CT molecular complexity index is 354. The van der Waals surface area contributed by atoms with Crippen LogP contribution in [-0.4, -0.2) is 30.0 Å². The van der Waals surface area contributed by atoms with Crippen molar-refractivity contribution in [2.24, 2.45) is 0 Å². The molecule has 1 unspecified atom stereocenters. The zero-order valence-electron chi connectivity index (χ0n) is 9.37. The lowest BCUT2D eigenvalue weighted by atomic mass is 10.3. The maximum Gasteiger partial charge on any atom is 0.163 e. The number of pyridine rings is 1. The summed E-state index contributed by atoms with van der Waals surface area (Å²) in [4.78, 5) is 3.89. The maximum atomic E-state index is 12.6. The Morgan fingerprint density at radius 3 is 2.94 bits per heavy atom. The lowest BCUT2D eigenvalue weighted by Gasteiger charge is -2.17. The van der Waals surface area contributed by atoms with Crippen LogP contribution in [0.3, 0.4) is 0 Å². The second-order valence-electron chi connectivity index (χ2n) is 4.19. The highest BCUT2D eigenvalue weighted by Gasteiger charge is 2.32. The summed E-state index contributed by atoms with van der Waals surface area (Å²) in [5.41, 5.74) is 0. The molecule has 0 spiro atoms. The summed E-state index contributed by atoms with van der Waals surface area (Å²) < 4.78 is 23.6. The molecule has 2 heterocycles. The maximum absolute atomic E-state index is 12.6. The molecule has 1 aromatic rings. The monoisotopic (exact) mass is 226 g/mol. The Morgan fingerprint density at radius 1 is 1.56 bits per heavy atom. The minimum Gasteiger partial charge on any atom is -0.367 e. The topological polar surface area (TPSA) is 43.4 Å². The third kappa shape index (κ3) is 2.90. The molecule has 0 saturated carbocycles. The highest BCUT2D eigenvalue weighted by atomic mass is 19.1. The number of rotatable bonds is 3. The molecule has 0 amide bonds. The van der Waals surface area contributed by atoms with E-state index in [9.17, 15) is 4.39 Å². The predicted molar refractivity (Wildman–Crippen MR) is 57.6 cm³/mol. The average Bonchev–Trinajstić information content (AvgIpc) is 2.58. The van der Waals surface area contributed by atoms with Crippen molar-refractivity contribution < 1.29 is 13.9 Å². The lowest BCUT2D eigenvalue weighted by molar-refractivity contribution is -0.136. The minimum atomic E-state index is -0.511. The van der Waals surface area contributed by atoms with E-state index < -0.39 is 5.79 Å². The molecule has 0 aliphatic carbocycles. The van der Waals surface area contributed by atoms with Gasteiger partial charge >= 0.3 is 0 Å². The Labute approximate surface area is 93.8 Å². The molecule has 1 aliphatic heterocycles. The Balaban J connectivity index is 1.82.